The minimum absolute atomic E-state index is 0.647. The van der Waals surface area contributed by atoms with Crippen molar-refractivity contribution in [2.75, 3.05) is 6.61 Å². The first-order chi connectivity index (χ1) is 8.65. The summed E-state index contributed by atoms with van der Waals surface area (Å²) in [4.78, 5) is 11.0. The Labute approximate surface area is 108 Å². The topological polar surface area (TPSA) is 163 Å². The Hall–Kier alpha value is -0.820. The number of hydrogen-bond acceptors (Lipinski definition) is 8. The van der Waals surface area contributed by atoms with Crippen molar-refractivity contribution in [1.29, 1.82) is 0 Å². The maximum absolute atomic E-state index is 11.0. The van der Waals surface area contributed by atoms with E-state index in [9.17, 15) is 23.4 Å². The monoisotopic (exact) mass is 301 g/mol. The average molecular weight is 301 g/mol. The van der Waals surface area contributed by atoms with E-state index in [4.69, 9.17) is 14.4 Å². The third-order valence-corrected chi connectivity index (χ3v) is 2.90. The lowest BCUT2D eigenvalue weighted by molar-refractivity contribution is -0.244. The van der Waals surface area contributed by atoms with Gasteiger partial charge in [0.25, 0.3) is 0 Å². The van der Waals surface area contributed by atoms with Gasteiger partial charge in [-0.25, -0.2) is 4.18 Å². The standard InChI is InChI=1S/C8H15NO9S/c1-3(11)9-5-7(13)6(12)4(2-10)17-8(5)18-19(14,15)16/h4-8,10,12-13H,2H2,1H3,(H,9,11)(H,14,15,16)/t4?,5-,6+,7?,8-/m0/s1. The first-order valence-corrected chi connectivity index (χ1v) is 6.57. The van der Waals surface area contributed by atoms with Crippen LogP contribution < -0.4 is 5.32 Å². The van der Waals surface area contributed by atoms with Crippen LogP contribution >= 0.6 is 0 Å². The van der Waals surface area contributed by atoms with E-state index in [2.05, 4.69) is 9.50 Å². The molecule has 0 radical (unpaired) electrons. The summed E-state index contributed by atoms with van der Waals surface area (Å²) in [6.07, 6.45) is -6.33. The van der Waals surface area contributed by atoms with Crippen molar-refractivity contribution >= 4 is 16.3 Å². The van der Waals surface area contributed by atoms with Crippen LogP contribution in [0.25, 0.3) is 0 Å². The maximum atomic E-state index is 11.0. The molecule has 0 aromatic carbocycles. The van der Waals surface area contributed by atoms with Gasteiger partial charge in [-0.05, 0) is 0 Å². The molecule has 1 rings (SSSR count). The summed E-state index contributed by atoms with van der Waals surface area (Å²) in [6, 6.07) is -1.43. The van der Waals surface area contributed by atoms with Crippen LogP contribution in [0.5, 0.6) is 0 Å². The summed E-state index contributed by atoms with van der Waals surface area (Å²) < 4.78 is 38.9. The molecule has 1 aliphatic heterocycles. The van der Waals surface area contributed by atoms with Crippen molar-refractivity contribution in [1.82, 2.24) is 5.32 Å². The van der Waals surface area contributed by atoms with Crippen LogP contribution in [0, 0.1) is 0 Å². The molecule has 11 heteroatoms. The van der Waals surface area contributed by atoms with Gasteiger partial charge in [-0.2, -0.15) is 8.42 Å². The SMILES string of the molecule is CC(=O)N[C@H]1C(O)[C@H](O)C(CO)O[C@H]1OS(=O)(=O)O. The van der Waals surface area contributed by atoms with Gasteiger partial charge in [-0.1, -0.05) is 0 Å². The first-order valence-electron chi connectivity index (χ1n) is 5.21. The highest BCUT2D eigenvalue weighted by molar-refractivity contribution is 7.80. The number of nitrogens with one attached hydrogen (secondary N) is 1. The van der Waals surface area contributed by atoms with Gasteiger partial charge in [0, 0.05) is 6.92 Å². The smallest absolute Gasteiger partial charge is 0.394 e. The quantitative estimate of drug-likeness (QED) is 0.335. The van der Waals surface area contributed by atoms with E-state index in [1.165, 1.54) is 0 Å². The Morgan fingerprint density at radius 2 is 1.95 bits per heavy atom. The van der Waals surface area contributed by atoms with Gasteiger partial charge < -0.3 is 25.4 Å². The largest absolute Gasteiger partial charge is 0.399 e. The molecule has 5 atom stereocenters. The molecule has 0 bridgehead atoms. The third-order valence-electron chi connectivity index (χ3n) is 2.47. The van der Waals surface area contributed by atoms with Crippen molar-refractivity contribution in [3.05, 3.63) is 0 Å². The van der Waals surface area contributed by atoms with Gasteiger partial charge in [0.1, 0.15) is 24.4 Å². The molecule has 0 aromatic heterocycles. The zero-order valence-electron chi connectivity index (χ0n) is 9.83. The summed E-state index contributed by atoms with van der Waals surface area (Å²) in [5, 5.41) is 30.4. The van der Waals surface area contributed by atoms with Crippen molar-refractivity contribution in [3.8, 4) is 0 Å². The van der Waals surface area contributed by atoms with E-state index in [0.717, 1.165) is 6.92 Å². The number of aliphatic hydroxyl groups is 3. The molecule has 1 saturated heterocycles. The van der Waals surface area contributed by atoms with E-state index >= 15 is 0 Å². The molecule has 0 saturated carbocycles. The molecule has 5 N–H and O–H groups in total. The van der Waals surface area contributed by atoms with Gasteiger partial charge in [0.05, 0.1) is 6.61 Å². The molecule has 0 aromatic rings. The zero-order chi connectivity index (χ0) is 14.8. The normalized spacial score (nSPS) is 35.9. The van der Waals surface area contributed by atoms with E-state index in [0.29, 0.717) is 0 Å². The Kier molecular flexibility index (Phi) is 5.20. The Bertz CT molecular complexity index is 424. The van der Waals surface area contributed by atoms with Crippen LogP contribution in [0.3, 0.4) is 0 Å². The average Bonchev–Trinajstić information content (AvgIpc) is 2.26. The summed E-state index contributed by atoms with van der Waals surface area (Å²) >= 11 is 0. The summed E-state index contributed by atoms with van der Waals surface area (Å²) in [7, 11) is -4.92. The van der Waals surface area contributed by atoms with Crippen LogP contribution in [0.1, 0.15) is 6.92 Å². The second-order valence-electron chi connectivity index (χ2n) is 3.96. The fourth-order valence-corrected chi connectivity index (χ4v) is 2.08. The van der Waals surface area contributed by atoms with E-state index in [1.807, 2.05) is 0 Å². The Morgan fingerprint density at radius 1 is 1.37 bits per heavy atom. The number of amides is 1. The highest BCUT2D eigenvalue weighted by atomic mass is 32.3. The predicted octanol–water partition coefficient (Wildman–Crippen LogP) is -3.25. The number of carbonyl (C=O) groups excluding carboxylic acids is 1. The number of rotatable bonds is 4. The maximum Gasteiger partial charge on any atom is 0.399 e. The van der Waals surface area contributed by atoms with E-state index in [1.54, 1.807) is 0 Å². The van der Waals surface area contributed by atoms with E-state index in [-0.39, 0.29) is 0 Å². The number of ether oxygens (including phenoxy) is 1. The molecular formula is C8H15NO9S. The van der Waals surface area contributed by atoms with Crippen LogP contribution in [0.15, 0.2) is 0 Å². The predicted molar refractivity (Wildman–Crippen MR) is 58.0 cm³/mol. The highest BCUT2D eigenvalue weighted by Crippen LogP contribution is 2.23. The van der Waals surface area contributed by atoms with Crippen molar-refractivity contribution < 1.29 is 42.0 Å². The number of carbonyl (C=O) groups is 1. The molecule has 19 heavy (non-hydrogen) atoms. The molecule has 1 amide bonds. The first kappa shape index (κ1) is 16.2. The van der Waals surface area contributed by atoms with Crippen LogP contribution in [0.2, 0.25) is 0 Å². The zero-order valence-corrected chi connectivity index (χ0v) is 10.6. The minimum atomic E-state index is -4.92. The van der Waals surface area contributed by atoms with Crippen LogP contribution in [-0.4, -0.2) is 71.4 Å². The Morgan fingerprint density at radius 3 is 2.37 bits per heavy atom. The van der Waals surface area contributed by atoms with Crippen molar-refractivity contribution in [3.63, 3.8) is 0 Å². The van der Waals surface area contributed by atoms with Crippen LogP contribution in [-0.2, 0) is 24.1 Å². The lowest BCUT2D eigenvalue weighted by atomic mass is 9.97. The summed E-state index contributed by atoms with van der Waals surface area (Å²) in [5.41, 5.74) is 0. The number of aliphatic hydroxyl groups excluding tert-OH is 3. The van der Waals surface area contributed by atoms with Crippen LogP contribution in [0.4, 0.5) is 0 Å². The molecule has 112 valence electrons. The molecule has 1 aliphatic rings. The molecule has 1 fully saturated rings. The van der Waals surface area contributed by atoms with E-state index < -0.39 is 53.6 Å². The van der Waals surface area contributed by atoms with Gasteiger partial charge in [-0.3, -0.25) is 9.35 Å². The second kappa shape index (κ2) is 6.09. The van der Waals surface area contributed by atoms with Crippen molar-refractivity contribution in [2.24, 2.45) is 0 Å². The Balaban J connectivity index is 2.96. The lowest BCUT2D eigenvalue weighted by Crippen LogP contribution is -2.64. The fourth-order valence-electron chi connectivity index (χ4n) is 1.67. The molecule has 10 nitrogen and oxygen atoms in total. The molecular weight excluding hydrogens is 286 g/mol. The summed E-state index contributed by atoms with van der Waals surface area (Å²) in [5.74, 6) is -0.647. The number of hydrogen-bond donors (Lipinski definition) is 5. The molecule has 1 heterocycles. The minimum Gasteiger partial charge on any atom is -0.394 e. The molecule has 2 unspecified atom stereocenters. The summed E-state index contributed by atoms with van der Waals surface area (Å²) in [6.45, 7) is 0.359. The van der Waals surface area contributed by atoms with Gasteiger partial charge >= 0.3 is 10.4 Å². The second-order valence-corrected chi connectivity index (χ2v) is 5.00. The molecule has 0 aliphatic carbocycles. The van der Waals surface area contributed by atoms with Gasteiger partial charge in [-0.15, -0.1) is 0 Å². The van der Waals surface area contributed by atoms with Gasteiger partial charge in [0.2, 0.25) is 12.2 Å². The fraction of sp³-hybridized carbons (Fsp3) is 0.875. The molecule has 0 spiro atoms. The lowest BCUT2D eigenvalue weighted by Gasteiger charge is -2.41. The third kappa shape index (κ3) is 4.35. The van der Waals surface area contributed by atoms with Crippen molar-refractivity contribution in [2.45, 2.75) is 37.6 Å². The highest BCUT2D eigenvalue weighted by Gasteiger charge is 2.46. The van der Waals surface area contributed by atoms with Gasteiger partial charge in [0.15, 0.2) is 0 Å².